The van der Waals surface area contributed by atoms with Gasteiger partial charge in [0.05, 0.1) is 0 Å². The topological polar surface area (TPSA) is 0 Å². The lowest BCUT2D eigenvalue weighted by Gasteiger charge is -1.99. The van der Waals surface area contributed by atoms with Crippen molar-refractivity contribution in [2.45, 2.75) is 13.1 Å². The number of benzene rings is 1. The van der Waals surface area contributed by atoms with Crippen molar-refractivity contribution in [3.05, 3.63) is 35.4 Å². The van der Waals surface area contributed by atoms with Crippen LogP contribution < -0.4 is 0 Å². The van der Waals surface area contributed by atoms with E-state index in [1.165, 1.54) is 11.1 Å². The first-order valence-corrected chi connectivity index (χ1v) is 6.03. The smallest absolute Gasteiger partial charge is 0.00304 e. The summed E-state index contributed by atoms with van der Waals surface area (Å²) >= 11 is 4.98. The van der Waals surface area contributed by atoms with Crippen LogP contribution in [0, 0.1) is 6.92 Å². The van der Waals surface area contributed by atoms with E-state index < -0.39 is 0 Å². The van der Waals surface area contributed by atoms with Gasteiger partial charge in [0.2, 0.25) is 0 Å². The molecule has 0 heterocycles. The molecule has 1 unspecified atom stereocenters. The molecule has 0 radical (unpaired) electrons. The van der Waals surface area contributed by atoms with E-state index in [-0.39, 0.29) is 7.36 Å². The van der Waals surface area contributed by atoms with Crippen LogP contribution in [0.4, 0.5) is 0 Å². The first-order chi connectivity index (χ1) is 4.84. The second-order valence-electron chi connectivity index (χ2n) is 2.30. The molecule has 10 heavy (non-hydrogen) atoms. The molecule has 0 fully saturated rings. The Balaban J connectivity index is 2.91. The van der Waals surface area contributed by atoms with Gasteiger partial charge < -0.3 is 0 Å². The SMILES string of the molecule is Cc1ccccc1C[PH2]=S. The maximum absolute atomic E-state index is 4.98. The molecular formula is C8H11PS. The van der Waals surface area contributed by atoms with Crippen LogP contribution in [0.2, 0.25) is 0 Å². The monoisotopic (exact) mass is 170 g/mol. The molecule has 1 atom stereocenters. The summed E-state index contributed by atoms with van der Waals surface area (Å²) in [5.41, 5.74) is 2.80. The fourth-order valence-corrected chi connectivity index (χ4v) is 2.11. The van der Waals surface area contributed by atoms with Gasteiger partial charge in [0.15, 0.2) is 0 Å². The van der Waals surface area contributed by atoms with E-state index in [0.717, 1.165) is 6.16 Å². The number of hydrogen-bond donors (Lipinski definition) is 0. The van der Waals surface area contributed by atoms with Crippen LogP contribution in [0.3, 0.4) is 0 Å². The van der Waals surface area contributed by atoms with Crippen molar-refractivity contribution in [2.24, 2.45) is 0 Å². The second kappa shape index (κ2) is 3.90. The number of hydrogen-bond acceptors (Lipinski definition) is 1. The number of aryl methyl sites for hydroxylation is 1. The molecule has 1 aromatic rings. The van der Waals surface area contributed by atoms with E-state index in [0.29, 0.717) is 0 Å². The van der Waals surface area contributed by atoms with Crippen LogP contribution in [0.25, 0.3) is 0 Å². The summed E-state index contributed by atoms with van der Waals surface area (Å²) < 4.78 is 0. The van der Waals surface area contributed by atoms with Crippen LogP contribution in [0.15, 0.2) is 24.3 Å². The van der Waals surface area contributed by atoms with E-state index in [2.05, 4.69) is 31.2 Å². The van der Waals surface area contributed by atoms with Crippen LogP contribution in [0.1, 0.15) is 11.1 Å². The van der Waals surface area contributed by atoms with Gasteiger partial charge >= 0.3 is 0 Å². The summed E-state index contributed by atoms with van der Waals surface area (Å²) in [7, 11) is 0.196. The summed E-state index contributed by atoms with van der Waals surface area (Å²) in [5, 5.41) is 0. The molecule has 0 saturated carbocycles. The minimum absolute atomic E-state index is 0.196. The highest BCUT2D eigenvalue weighted by Crippen LogP contribution is 2.12. The van der Waals surface area contributed by atoms with Gasteiger partial charge in [0.25, 0.3) is 0 Å². The standard InChI is InChI=1S/C8H11PS/c1-7-4-2-3-5-8(7)6-9-10/h2-5H,6,9H2,1H3. The zero-order valence-electron chi connectivity index (χ0n) is 6.00. The third-order valence-electron chi connectivity index (χ3n) is 1.56. The Bertz CT molecular complexity index is 232. The molecule has 0 nitrogen and oxygen atoms in total. The van der Waals surface area contributed by atoms with Crippen LogP contribution in [0.5, 0.6) is 0 Å². The molecule has 2 heteroatoms. The molecule has 0 aliphatic heterocycles. The Kier molecular flexibility index (Phi) is 3.11. The van der Waals surface area contributed by atoms with E-state index in [9.17, 15) is 0 Å². The average Bonchev–Trinajstić information content (AvgIpc) is 1.94. The van der Waals surface area contributed by atoms with Gasteiger partial charge in [-0.15, -0.1) is 11.8 Å². The summed E-state index contributed by atoms with van der Waals surface area (Å²) in [5.74, 6) is 0. The Labute approximate surface area is 68.1 Å². The van der Waals surface area contributed by atoms with Crippen molar-refractivity contribution >= 4 is 19.2 Å². The quantitative estimate of drug-likeness (QED) is 0.614. The highest BCUT2D eigenvalue weighted by molar-refractivity contribution is 7.96. The predicted octanol–water partition coefficient (Wildman–Crippen LogP) is 2.37. The Morgan fingerprint density at radius 1 is 1.40 bits per heavy atom. The molecule has 0 bridgehead atoms. The Hall–Kier alpha value is -0.130. The van der Waals surface area contributed by atoms with E-state index in [1.807, 2.05) is 0 Å². The average molecular weight is 170 g/mol. The fourth-order valence-electron chi connectivity index (χ4n) is 0.929. The molecule has 54 valence electrons. The van der Waals surface area contributed by atoms with Crippen molar-refractivity contribution in [1.82, 2.24) is 0 Å². The minimum Gasteiger partial charge on any atom is -0.104 e. The minimum atomic E-state index is 0.196. The van der Waals surface area contributed by atoms with Crippen LogP contribution >= 0.6 is 7.36 Å². The Morgan fingerprint density at radius 3 is 2.70 bits per heavy atom. The maximum atomic E-state index is 4.98. The van der Waals surface area contributed by atoms with Crippen molar-refractivity contribution in [3.63, 3.8) is 0 Å². The first-order valence-electron chi connectivity index (χ1n) is 3.32. The van der Waals surface area contributed by atoms with E-state index >= 15 is 0 Å². The van der Waals surface area contributed by atoms with Gasteiger partial charge in [-0.05, 0) is 24.2 Å². The van der Waals surface area contributed by atoms with E-state index in [1.54, 1.807) is 0 Å². The van der Waals surface area contributed by atoms with Crippen LogP contribution in [-0.2, 0) is 18.0 Å². The highest BCUT2D eigenvalue weighted by Gasteiger charge is 1.91. The summed E-state index contributed by atoms with van der Waals surface area (Å²) in [6.07, 6.45) is 1.11. The fraction of sp³-hybridized carbons (Fsp3) is 0.250. The summed E-state index contributed by atoms with van der Waals surface area (Å²) in [6, 6.07) is 8.44. The molecule has 0 spiro atoms. The largest absolute Gasteiger partial charge is 0.104 e. The number of rotatable bonds is 2. The molecule has 0 amide bonds. The zero-order chi connectivity index (χ0) is 7.40. The van der Waals surface area contributed by atoms with Gasteiger partial charge in [-0.25, -0.2) is 0 Å². The first kappa shape index (κ1) is 7.97. The molecule has 0 N–H and O–H groups in total. The molecule has 0 aliphatic carbocycles. The lowest BCUT2D eigenvalue weighted by Crippen LogP contribution is -1.81. The predicted molar refractivity (Wildman–Crippen MR) is 52.0 cm³/mol. The molecule has 1 rings (SSSR count). The second-order valence-corrected chi connectivity index (χ2v) is 4.04. The zero-order valence-corrected chi connectivity index (χ0v) is 7.97. The highest BCUT2D eigenvalue weighted by atomic mass is 32.4. The molecule has 0 aliphatic rings. The summed E-state index contributed by atoms with van der Waals surface area (Å²) in [6.45, 7) is 2.14. The molecule has 0 saturated heterocycles. The Morgan fingerprint density at radius 2 is 2.10 bits per heavy atom. The normalized spacial score (nSPS) is 10.9. The lowest BCUT2D eigenvalue weighted by atomic mass is 10.1. The molecule has 0 aromatic heterocycles. The van der Waals surface area contributed by atoms with Gasteiger partial charge in [0, 0.05) is 0 Å². The summed E-state index contributed by atoms with van der Waals surface area (Å²) in [4.78, 5) is 0. The van der Waals surface area contributed by atoms with Crippen molar-refractivity contribution < 1.29 is 0 Å². The maximum Gasteiger partial charge on any atom is -0.00304 e. The van der Waals surface area contributed by atoms with Gasteiger partial charge in [0.1, 0.15) is 0 Å². The third-order valence-corrected chi connectivity index (χ3v) is 2.67. The van der Waals surface area contributed by atoms with Gasteiger partial charge in [-0.1, -0.05) is 31.6 Å². The van der Waals surface area contributed by atoms with Crippen molar-refractivity contribution in [1.29, 1.82) is 0 Å². The molecular weight excluding hydrogens is 159 g/mol. The van der Waals surface area contributed by atoms with Crippen LogP contribution in [-0.4, -0.2) is 0 Å². The lowest BCUT2D eigenvalue weighted by molar-refractivity contribution is 1.31. The molecule has 1 aromatic carbocycles. The van der Waals surface area contributed by atoms with E-state index in [4.69, 9.17) is 11.8 Å². The third kappa shape index (κ3) is 1.93. The van der Waals surface area contributed by atoms with Gasteiger partial charge in [-0.2, -0.15) is 0 Å². The van der Waals surface area contributed by atoms with Crippen molar-refractivity contribution in [2.75, 3.05) is 0 Å². The van der Waals surface area contributed by atoms with Crippen molar-refractivity contribution in [3.8, 4) is 0 Å². The van der Waals surface area contributed by atoms with Gasteiger partial charge in [-0.3, -0.25) is 0 Å².